The Hall–Kier alpha value is -4.21. The fraction of sp³-hybridized carbons (Fsp3) is 0.696. The predicted molar refractivity (Wildman–Crippen MR) is 265 cm³/mol. The number of esters is 3. The highest BCUT2D eigenvalue weighted by molar-refractivity contribution is 6.09. The SMILES string of the molecule is CCCCCCCCCCCCCCCCCC(=O)OCC(COC(=O)CCCCCCCCCCCCCCCCC)C(=O)OCN1C(=O)NC(c2ccccc2)(c2ccccc2)C1=O. The molecule has 1 heterocycles. The third kappa shape index (κ3) is 22.5. The number of carbonyl (C=O) groups excluding carboxylic acids is 5. The highest BCUT2D eigenvalue weighted by Gasteiger charge is 2.54. The standard InChI is InChI=1S/C56H88N2O8/c1-3-5-7-9-11-13-15-17-19-21-23-25-27-29-37-43-51(59)64-45-48(46-65-52(60)44-38-30-28-26-24-22-20-18-16-14-12-10-8-6-4-2)53(61)66-47-58-54(62)56(57-55(58)63,49-39-33-31-34-40-49)50-41-35-32-36-42-50/h31-36,39-42,48H,3-30,37-38,43-47H2,1-2H3,(H,57,63). The molecule has 0 radical (unpaired) electrons. The molecule has 0 aliphatic carbocycles. The van der Waals surface area contributed by atoms with Crippen molar-refractivity contribution in [2.75, 3.05) is 19.9 Å². The van der Waals surface area contributed by atoms with Crippen molar-refractivity contribution in [3.63, 3.8) is 0 Å². The Bertz CT molecular complexity index is 1510. The molecule has 1 aliphatic rings. The minimum Gasteiger partial charge on any atom is -0.465 e. The Morgan fingerprint density at radius 1 is 0.470 bits per heavy atom. The number of amides is 3. The molecule has 1 fully saturated rings. The molecule has 2 aromatic rings. The van der Waals surface area contributed by atoms with E-state index in [1.54, 1.807) is 48.5 Å². The van der Waals surface area contributed by atoms with Crippen molar-refractivity contribution in [1.82, 2.24) is 10.2 Å². The van der Waals surface area contributed by atoms with Crippen LogP contribution in [0.5, 0.6) is 0 Å². The van der Waals surface area contributed by atoms with Crippen LogP contribution in [0.15, 0.2) is 60.7 Å². The van der Waals surface area contributed by atoms with Gasteiger partial charge in [-0.3, -0.25) is 19.2 Å². The van der Waals surface area contributed by atoms with E-state index in [1.807, 2.05) is 12.1 Å². The number of rotatable bonds is 41. The van der Waals surface area contributed by atoms with Crippen molar-refractivity contribution in [3.8, 4) is 0 Å². The Kier molecular flexibility index (Phi) is 30.5. The lowest BCUT2D eigenvalue weighted by Crippen LogP contribution is -2.45. The minimum atomic E-state index is -1.52. The van der Waals surface area contributed by atoms with Crippen molar-refractivity contribution in [2.45, 2.75) is 225 Å². The molecule has 10 nitrogen and oxygen atoms in total. The van der Waals surface area contributed by atoms with Crippen molar-refractivity contribution >= 4 is 29.8 Å². The number of carbonyl (C=O) groups is 5. The lowest BCUT2D eigenvalue weighted by molar-refractivity contribution is -0.163. The maximum atomic E-state index is 14.1. The molecule has 0 bridgehead atoms. The summed E-state index contributed by atoms with van der Waals surface area (Å²) in [5.74, 6) is -3.44. The van der Waals surface area contributed by atoms with Gasteiger partial charge in [-0.1, -0.05) is 254 Å². The van der Waals surface area contributed by atoms with Crippen LogP contribution in [0.3, 0.4) is 0 Å². The first-order valence-corrected chi connectivity index (χ1v) is 26.6. The fourth-order valence-corrected chi connectivity index (χ4v) is 8.87. The number of nitrogens with one attached hydrogen (secondary N) is 1. The second-order valence-corrected chi connectivity index (χ2v) is 18.7. The normalized spacial score (nSPS) is 13.3. The summed E-state index contributed by atoms with van der Waals surface area (Å²) in [6.45, 7) is 3.15. The Morgan fingerprint density at radius 3 is 1.12 bits per heavy atom. The van der Waals surface area contributed by atoms with E-state index in [0.29, 0.717) is 24.0 Å². The average Bonchev–Trinajstić information content (AvgIpc) is 3.59. The average molecular weight is 917 g/mol. The van der Waals surface area contributed by atoms with Crippen LogP contribution in [0.2, 0.25) is 0 Å². The topological polar surface area (TPSA) is 128 Å². The van der Waals surface area contributed by atoms with Gasteiger partial charge in [-0.2, -0.15) is 0 Å². The van der Waals surface area contributed by atoms with Gasteiger partial charge in [-0.05, 0) is 24.0 Å². The maximum Gasteiger partial charge on any atom is 0.328 e. The number of unbranched alkanes of at least 4 members (excludes halogenated alkanes) is 28. The smallest absolute Gasteiger partial charge is 0.328 e. The third-order valence-corrected chi connectivity index (χ3v) is 13.0. The van der Waals surface area contributed by atoms with Gasteiger partial charge in [0.25, 0.3) is 5.91 Å². The third-order valence-electron chi connectivity index (χ3n) is 13.0. The lowest BCUT2D eigenvalue weighted by Gasteiger charge is -2.28. The van der Waals surface area contributed by atoms with Crippen LogP contribution in [0.4, 0.5) is 4.79 Å². The summed E-state index contributed by atoms with van der Waals surface area (Å²) in [7, 11) is 0. The quantitative estimate of drug-likeness (QED) is 0.0302. The van der Waals surface area contributed by atoms with E-state index >= 15 is 0 Å². The van der Waals surface area contributed by atoms with Crippen LogP contribution in [0, 0.1) is 5.92 Å². The summed E-state index contributed by atoms with van der Waals surface area (Å²) in [6.07, 6.45) is 37.2. The van der Waals surface area contributed by atoms with Crippen molar-refractivity contribution < 1.29 is 38.2 Å². The van der Waals surface area contributed by atoms with Gasteiger partial charge >= 0.3 is 23.9 Å². The first-order valence-electron chi connectivity index (χ1n) is 26.6. The number of hydrogen-bond acceptors (Lipinski definition) is 8. The van der Waals surface area contributed by atoms with Gasteiger partial charge in [-0.25, -0.2) is 9.69 Å². The Morgan fingerprint density at radius 2 is 0.788 bits per heavy atom. The van der Waals surface area contributed by atoms with Gasteiger partial charge in [0.15, 0.2) is 12.3 Å². The second-order valence-electron chi connectivity index (χ2n) is 18.7. The van der Waals surface area contributed by atoms with Gasteiger partial charge in [-0.15, -0.1) is 0 Å². The Balaban J connectivity index is 1.42. The molecule has 1 saturated heterocycles. The molecule has 370 valence electrons. The lowest BCUT2D eigenvalue weighted by atomic mass is 9.83. The van der Waals surface area contributed by atoms with Crippen LogP contribution in [0.1, 0.15) is 230 Å². The molecule has 10 heteroatoms. The van der Waals surface area contributed by atoms with Gasteiger partial charge in [0.2, 0.25) is 0 Å². The van der Waals surface area contributed by atoms with Crippen LogP contribution < -0.4 is 5.32 Å². The molecule has 0 aromatic heterocycles. The summed E-state index contributed by atoms with van der Waals surface area (Å²) >= 11 is 0. The highest BCUT2D eigenvalue weighted by atomic mass is 16.6. The fourth-order valence-electron chi connectivity index (χ4n) is 8.87. The molecule has 0 atom stereocenters. The summed E-state index contributed by atoms with van der Waals surface area (Å²) in [4.78, 5) is 67.6. The van der Waals surface area contributed by atoms with Crippen molar-refractivity contribution in [2.24, 2.45) is 5.92 Å². The van der Waals surface area contributed by atoms with Gasteiger partial charge in [0.1, 0.15) is 19.1 Å². The molecule has 3 rings (SSSR count). The maximum absolute atomic E-state index is 14.1. The van der Waals surface area contributed by atoms with Crippen LogP contribution in [0.25, 0.3) is 0 Å². The van der Waals surface area contributed by atoms with E-state index in [-0.39, 0.29) is 26.1 Å². The molecule has 2 aromatic carbocycles. The largest absolute Gasteiger partial charge is 0.465 e. The van der Waals surface area contributed by atoms with Gasteiger partial charge < -0.3 is 19.5 Å². The molecule has 0 spiro atoms. The zero-order chi connectivity index (χ0) is 47.3. The number of imide groups is 1. The van der Waals surface area contributed by atoms with Gasteiger partial charge in [0, 0.05) is 12.8 Å². The zero-order valence-electron chi connectivity index (χ0n) is 41.3. The number of urea groups is 1. The zero-order valence-corrected chi connectivity index (χ0v) is 41.3. The number of benzene rings is 2. The summed E-state index contributed by atoms with van der Waals surface area (Å²) in [6, 6.07) is 17.1. The second kappa shape index (κ2) is 35.9. The first-order chi connectivity index (χ1) is 32.3. The van der Waals surface area contributed by atoms with E-state index in [1.165, 1.54) is 141 Å². The van der Waals surface area contributed by atoms with E-state index in [9.17, 15) is 24.0 Å². The molecule has 0 saturated carbocycles. The summed E-state index contributed by atoms with van der Waals surface area (Å²) < 4.78 is 16.6. The molecule has 1 N–H and O–H groups in total. The van der Waals surface area contributed by atoms with Crippen molar-refractivity contribution in [1.29, 1.82) is 0 Å². The molecule has 1 aliphatic heterocycles. The van der Waals surface area contributed by atoms with E-state index in [2.05, 4.69) is 19.2 Å². The van der Waals surface area contributed by atoms with E-state index in [0.717, 1.165) is 43.4 Å². The molecule has 3 amide bonds. The van der Waals surface area contributed by atoms with Crippen LogP contribution in [-0.4, -0.2) is 54.7 Å². The number of ether oxygens (including phenoxy) is 3. The molecule has 66 heavy (non-hydrogen) atoms. The van der Waals surface area contributed by atoms with E-state index in [4.69, 9.17) is 14.2 Å². The molecular formula is C56H88N2O8. The van der Waals surface area contributed by atoms with E-state index < -0.39 is 48.0 Å². The van der Waals surface area contributed by atoms with Crippen LogP contribution in [-0.2, 0) is 38.9 Å². The first kappa shape index (κ1) is 56.1. The number of hydrogen-bond donors (Lipinski definition) is 1. The molecular weight excluding hydrogens is 829 g/mol. The minimum absolute atomic E-state index is 0.225. The summed E-state index contributed by atoms with van der Waals surface area (Å²) in [5, 5.41) is 2.85. The highest BCUT2D eigenvalue weighted by Crippen LogP contribution is 2.36. The van der Waals surface area contributed by atoms with Crippen molar-refractivity contribution in [3.05, 3.63) is 71.8 Å². The molecule has 0 unspecified atom stereocenters. The number of nitrogens with zero attached hydrogens (tertiary/aromatic N) is 1. The van der Waals surface area contributed by atoms with Gasteiger partial charge in [0.05, 0.1) is 0 Å². The summed E-state index contributed by atoms with van der Waals surface area (Å²) in [5.41, 5.74) is -0.400. The Labute approximate surface area is 399 Å². The van der Waals surface area contributed by atoms with Crippen LogP contribution >= 0.6 is 0 Å². The monoisotopic (exact) mass is 917 g/mol. The predicted octanol–water partition coefficient (Wildman–Crippen LogP) is 14.2.